The van der Waals surface area contributed by atoms with Gasteiger partial charge in [0.25, 0.3) is 0 Å². The molecule has 0 atom stereocenters. The van der Waals surface area contributed by atoms with Gasteiger partial charge in [-0.2, -0.15) is 0 Å². The molecule has 0 aromatic rings. The van der Waals surface area contributed by atoms with E-state index >= 15 is 0 Å². The van der Waals surface area contributed by atoms with Crippen molar-refractivity contribution in [2.75, 3.05) is 33.5 Å². The first kappa shape index (κ1) is 11.9. The minimum atomic E-state index is -1.19. The maximum Gasteiger partial charge on any atom is 0.341 e. The number of carbonyl (C=O) groups is 2. The van der Waals surface area contributed by atoms with E-state index in [1.54, 1.807) is 0 Å². The summed E-state index contributed by atoms with van der Waals surface area (Å²) in [5.74, 6) is -1.89. The number of carboxylic acid groups (broad SMARTS) is 1. The van der Waals surface area contributed by atoms with E-state index in [2.05, 4.69) is 9.47 Å². The number of aliphatic carboxylic acids is 1. The minimum absolute atomic E-state index is 0.253. The van der Waals surface area contributed by atoms with Crippen LogP contribution in [0.1, 0.15) is 0 Å². The van der Waals surface area contributed by atoms with Crippen LogP contribution in [-0.4, -0.2) is 50.6 Å². The summed E-state index contributed by atoms with van der Waals surface area (Å²) in [4.78, 5) is 20.6. The van der Waals surface area contributed by atoms with Crippen molar-refractivity contribution in [1.29, 1.82) is 0 Å². The van der Waals surface area contributed by atoms with Gasteiger partial charge in [-0.25, -0.2) is 9.59 Å². The van der Waals surface area contributed by atoms with Crippen molar-refractivity contribution in [1.82, 2.24) is 0 Å². The van der Waals surface area contributed by atoms with Gasteiger partial charge in [0.15, 0.2) is 6.61 Å². The lowest BCUT2D eigenvalue weighted by Gasteiger charge is -2.02. The Morgan fingerprint density at radius 2 is 1.92 bits per heavy atom. The van der Waals surface area contributed by atoms with Gasteiger partial charge in [0.1, 0.15) is 6.61 Å². The molecule has 1 N–H and O–H groups in total. The van der Waals surface area contributed by atoms with Gasteiger partial charge >= 0.3 is 11.9 Å². The Labute approximate surface area is 75.4 Å². The molecular formula is C7H12O6. The van der Waals surface area contributed by atoms with Crippen LogP contribution in [0.4, 0.5) is 0 Å². The average molecular weight is 192 g/mol. The molecule has 0 saturated heterocycles. The molecule has 6 heteroatoms. The van der Waals surface area contributed by atoms with Gasteiger partial charge < -0.3 is 19.3 Å². The molecule has 0 aliphatic heterocycles. The molecule has 0 bridgehead atoms. The number of hydrogen-bond donors (Lipinski definition) is 1. The highest BCUT2D eigenvalue weighted by atomic mass is 16.6. The monoisotopic (exact) mass is 192 g/mol. The van der Waals surface area contributed by atoms with Crippen LogP contribution >= 0.6 is 0 Å². The van der Waals surface area contributed by atoms with Gasteiger partial charge in [-0.3, -0.25) is 0 Å². The normalized spacial score (nSPS) is 9.62. The summed E-state index contributed by atoms with van der Waals surface area (Å²) in [6.45, 7) is -0.228. The standard InChI is InChI=1S/C7H12O6/c1-11-2-3-12-5-7(10)13-4-6(8)9/h2-5H2,1H3,(H,8,9). The summed E-state index contributed by atoms with van der Waals surface area (Å²) >= 11 is 0. The molecule has 6 nitrogen and oxygen atoms in total. The smallest absolute Gasteiger partial charge is 0.341 e. The summed E-state index contributed by atoms with van der Waals surface area (Å²) < 4.78 is 13.7. The lowest BCUT2D eigenvalue weighted by Crippen LogP contribution is -2.18. The third kappa shape index (κ3) is 8.77. The maximum atomic E-state index is 10.7. The third-order valence-electron chi connectivity index (χ3n) is 1.01. The van der Waals surface area contributed by atoms with Crippen LogP contribution in [0.5, 0.6) is 0 Å². The Kier molecular flexibility index (Phi) is 6.85. The molecule has 0 aliphatic rings. The molecule has 0 rings (SSSR count). The summed E-state index contributed by atoms with van der Waals surface area (Å²) in [6.07, 6.45) is 0. The number of carbonyl (C=O) groups excluding carboxylic acids is 1. The predicted octanol–water partition coefficient (Wildman–Crippen LogP) is -0.723. The number of hydrogen-bond acceptors (Lipinski definition) is 5. The quantitative estimate of drug-likeness (QED) is 0.423. The van der Waals surface area contributed by atoms with Crippen LogP contribution in [-0.2, 0) is 23.8 Å². The first-order chi connectivity index (χ1) is 6.16. The highest BCUT2D eigenvalue weighted by Crippen LogP contribution is 1.82. The van der Waals surface area contributed by atoms with E-state index in [0.717, 1.165) is 0 Å². The van der Waals surface area contributed by atoms with Crippen molar-refractivity contribution in [2.24, 2.45) is 0 Å². The molecule has 76 valence electrons. The third-order valence-corrected chi connectivity index (χ3v) is 1.01. The Bertz CT molecular complexity index is 166. The zero-order valence-corrected chi connectivity index (χ0v) is 7.32. The molecule has 0 radical (unpaired) electrons. The van der Waals surface area contributed by atoms with E-state index in [-0.39, 0.29) is 13.2 Å². The number of methoxy groups -OCH3 is 1. The zero-order chi connectivity index (χ0) is 10.1. The van der Waals surface area contributed by atoms with E-state index in [0.29, 0.717) is 6.61 Å². The van der Waals surface area contributed by atoms with Crippen molar-refractivity contribution in [3.8, 4) is 0 Å². The molecule has 13 heavy (non-hydrogen) atoms. The second kappa shape index (κ2) is 7.51. The topological polar surface area (TPSA) is 82.1 Å². The zero-order valence-electron chi connectivity index (χ0n) is 7.32. The Balaban J connectivity index is 3.25. The largest absolute Gasteiger partial charge is 0.479 e. The summed E-state index contributed by atoms with van der Waals surface area (Å²) in [5.41, 5.74) is 0. The van der Waals surface area contributed by atoms with Gasteiger partial charge in [-0.1, -0.05) is 0 Å². The molecular weight excluding hydrogens is 180 g/mol. The van der Waals surface area contributed by atoms with E-state index in [1.807, 2.05) is 0 Å². The SMILES string of the molecule is COCCOCC(=O)OCC(=O)O. The average Bonchev–Trinajstić information content (AvgIpc) is 2.09. The van der Waals surface area contributed by atoms with Crippen LogP contribution in [0.3, 0.4) is 0 Å². The van der Waals surface area contributed by atoms with E-state index in [1.165, 1.54) is 7.11 Å². The van der Waals surface area contributed by atoms with Crippen molar-refractivity contribution < 1.29 is 28.9 Å². The highest BCUT2D eigenvalue weighted by molar-refractivity contribution is 5.75. The summed E-state index contributed by atoms with van der Waals surface area (Å²) in [7, 11) is 1.51. The van der Waals surface area contributed by atoms with Crippen LogP contribution in [0.15, 0.2) is 0 Å². The molecule has 0 unspecified atom stereocenters. The van der Waals surface area contributed by atoms with E-state index in [4.69, 9.17) is 9.84 Å². The van der Waals surface area contributed by atoms with Crippen LogP contribution < -0.4 is 0 Å². The van der Waals surface area contributed by atoms with Crippen LogP contribution in [0, 0.1) is 0 Å². The van der Waals surface area contributed by atoms with E-state index < -0.39 is 18.5 Å². The number of ether oxygens (including phenoxy) is 3. The molecule has 0 aromatic carbocycles. The lowest BCUT2D eigenvalue weighted by atomic mass is 10.6. The van der Waals surface area contributed by atoms with Gasteiger partial charge in [0.2, 0.25) is 0 Å². The van der Waals surface area contributed by atoms with Gasteiger partial charge in [-0.15, -0.1) is 0 Å². The summed E-state index contributed by atoms with van der Waals surface area (Å²) in [6, 6.07) is 0. The molecule has 0 aliphatic carbocycles. The molecule has 0 spiro atoms. The van der Waals surface area contributed by atoms with Crippen LogP contribution in [0.2, 0.25) is 0 Å². The first-order valence-electron chi connectivity index (χ1n) is 3.61. The highest BCUT2D eigenvalue weighted by Gasteiger charge is 2.05. The van der Waals surface area contributed by atoms with Crippen molar-refractivity contribution >= 4 is 11.9 Å². The predicted molar refractivity (Wildman–Crippen MR) is 41.3 cm³/mol. The first-order valence-corrected chi connectivity index (χ1v) is 3.61. The van der Waals surface area contributed by atoms with E-state index in [9.17, 15) is 9.59 Å². The number of carboxylic acids is 1. The van der Waals surface area contributed by atoms with Gasteiger partial charge in [-0.05, 0) is 0 Å². The Hall–Kier alpha value is -1.14. The Morgan fingerprint density at radius 1 is 1.23 bits per heavy atom. The number of rotatable bonds is 7. The fourth-order valence-corrected chi connectivity index (χ4v) is 0.482. The van der Waals surface area contributed by atoms with Gasteiger partial charge in [0, 0.05) is 7.11 Å². The van der Waals surface area contributed by atoms with Gasteiger partial charge in [0.05, 0.1) is 13.2 Å². The molecule has 0 saturated carbocycles. The maximum absolute atomic E-state index is 10.7. The molecule has 0 aromatic heterocycles. The lowest BCUT2D eigenvalue weighted by molar-refractivity contribution is -0.158. The summed E-state index contributed by atoms with van der Waals surface area (Å²) in [5, 5.41) is 8.13. The fourth-order valence-electron chi connectivity index (χ4n) is 0.482. The van der Waals surface area contributed by atoms with Crippen LogP contribution in [0.25, 0.3) is 0 Å². The van der Waals surface area contributed by atoms with Crippen molar-refractivity contribution in [3.05, 3.63) is 0 Å². The molecule has 0 fully saturated rings. The second-order valence-electron chi connectivity index (χ2n) is 2.10. The molecule has 0 heterocycles. The van der Waals surface area contributed by atoms with Crippen molar-refractivity contribution in [2.45, 2.75) is 0 Å². The second-order valence-corrected chi connectivity index (χ2v) is 2.10. The number of esters is 1. The fraction of sp³-hybridized carbons (Fsp3) is 0.714. The minimum Gasteiger partial charge on any atom is -0.479 e. The van der Waals surface area contributed by atoms with Crippen molar-refractivity contribution in [3.63, 3.8) is 0 Å². The molecule has 0 amide bonds. The Morgan fingerprint density at radius 3 is 2.46 bits per heavy atom.